The molecule has 1 aromatic carbocycles. The second-order valence-electron chi connectivity index (χ2n) is 5.82. The fourth-order valence-corrected chi connectivity index (χ4v) is 2.79. The van der Waals surface area contributed by atoms with Crippen LogP contribution in [0.1, 0.15) is 38.2 Å². The quantitative estimate of drug-likeness (QED) is 0.795. The van der Waals surface area contributed by atoms with Crippen LogP contribution in [0.4, 0.5) is 11.4 Å². The second kappa shape index (κ2) is 6.72. The van der Waals surface area contributed by atoms with Crippen molar-refractivity contribution in [3.8, 4) is 0 Å². The van der Waals surface area contributed by atoms with Gasteiger partial charge in [0.05, 0.1) is 0 Å². The first-order chi connectivity index (χ1) is 9.95. The van der Waals surface area contributed by atoms with Gasteiger partial charge in [0.2, 0.25) is 11.8 Å². The fourth-order valence-electron chi connectivity index (χ4n) is 2.79. The maximum atomic E-state index is 12.1. The molecule has 114 valence electrons. The third kappa shape index (κ3) is 4.29. The van der Waals surface area contributed by atoms with Crippen LogP contribution in [0.15, 0.2) is 18.2 Å². The van der Waals surface area contributed by atoms with Crippen LogP contribution >= 0.6 is 0 Å². The van der Waals surface area contributed by atoms with Crippen LogP contribution < -0.4 is 16.4 Å². The van der Waals surface area contributed by atoms with E-state index in [1.807, 2.05) is 19.1 Å². The standard InChI is InChI=1S/C16H23N3O2/c1-10-6-7-13(9-15(10)18-11(2)20)19-16(21)8-12-4-3-5-14(12)17/h6-7,9,12,14H,3-5,8,17H2,1-2H3,(H,18,20)(H,19,21)/t12-,14+/m0/s1. The lowest BCUT2D eigenvalue weighted by atomic mass is 10.00. The number of carbonyl (C=O) groups is 2. The number of nitrogens with two attached hydrogens (primary N) is 1. The van der Waals surface area contributed by atoms with E-state index >= 15 is 0 Å². The Morgan fingerprint density at radius 1 is 1.29 bits per heavy atom. The lowest BCUT2D eigenvalue weighted by Gasteiger charge is -2.15. The summed E-state index contributed by atoms with van der Waals surface area (Å²) >= 11 is 0. The van der Waals surface area contributed by atoms with Gasteiger partial charge < -0.3 is 16.4 Å². The molecular formula is C16H23N3O2. The van der Waals surface area contributed by atoms with Gasteiger partial charge >= 0.3 is 0 Å². The van der Waals surface area contributed by atoms with Gasteiger partial charge in [-0.3, -0.25) is 9.59 Å². The highest BCUT2D eigenvalue weighted by atomic mass is 16.2. The zero-order valence-corrected chi connectivity index (χ0v) is 12.6. The van der Waals surface area contributed by atoms with E-state index in [0.717, 1.165) is 30.5 Å². The number of benzene rings is 1. The molecule has 0 saturated heterocycles. The Morgan fingerprint density at radius 3 is 2.67 bits per heavy atom. The van der Waals surface area contributed by atoms with Crippen LogP contribution in [0.5, 0.6) is 0 Å². The summed E-state index contributed by atoms with van der Waals surface area (Å²) in [5.41, 5.74) is 8.37. The lowest BCUT2D eigenvalue weighted by Crippen LogP contribution is -2.28. The molecule has 0 aromatic heterocycles. The molecule has 21 heavy (non-hydrogen) atoms. The van der Waals surface area contributed by atoms with Crippen molar-refractivity contribution in [2.45, 2.75) is 45.6 Å². The van der Waals surface area contributed by atoms with E-state index < -0.39 is 0 Å². The van der Waals surface area contributed by atoms with E-state index in [1.54, 1.807) is 6.07 Å². The Hall–Kier alpha value is -1.88. The van der Waals surface area contributed by atoms with Crippen molar-refractivity contribution >= 4 is 23.2 Å². The highest BCUT2D eigenvalue weighted by Crippen LogP contribution is 2.27. The minimum absolute atomic E-state index is 0.0185. The first-order valence-electron chi connectivity index (χ1n) is 7.39. The molecule has 0 aliphatic heterocycles. The van der Waals surface area contributed by atoms with E-state index in [4.69, 9.17) is 5.73 Å². The van der Waals surface area contributed by atoms with Gasteiger partial charge in [-0.25, -0.2) is 0 Å². The highest BCUT2D eigenvalue weighted by molar-refractivity contribution is 5.94. The average Bonchev–Trinajstić information content (AvgIpc) is 2.78. The van der Waals surface area contributed by atoms with Gasteiger partial charge in [0.15, 0.2) is 0 Å². The molecule has 2 rings (SSSR count). The minimum Gasteiger partial charge on any atom is -0.327 e. The molecule has 1 saturated carbocycles. The maximum Gasteiger partial charge on any atom is 0.224 e. The van der Waals surface area contributed by atoms with Crippen molar-refractivity contribution in [3.63, 3.8) is 0 Å². The third-order valence-corrected chi connectivity index (χ3v) is 4.00. The molecule has 0 spiro atoms. The lowest BCUT2D eigenvalue weighted by molar-refractivity contribution is -0.117. The van der Waals surface area contributed by atoms with Gasteiger partial charge in [-0.1, -0.05) is 12.5 Å². The first-order valence-corrected chi connectivity index (χ1v) is 7.39. The normalized spacial score (nSPS) is 21.1. The van der Waals surface area contributed by atoms with E-state index in [-0.39, 0.29) is 23.8 Å². The minimum atomic E-state index is -0.126. The van der Waals surface area contributed by atoms with E-state index in [1.165, 1.54) is 6.92 Å². The summed E-state index contributed by atoms with van der Waals surface area (Å²) in [5.74, 6) is 0.138. The molecule has 2 amide bonds. The summed E-state index contributed by atoms with van der Waals surface area (Å²) in [4.78, 5) is 23.2. The average molecular weight is 289 g/mol. The molecule has 0 heterocycles. The molecular weight excluding hydrogens is 266 g/mol. The number of anilines is 2. The summed E-state index contributed by atoms with van der Waals surface area (Å²) in [7, 11) is 0. The summed E-state index contributed by atoms with van der Waals surface area (Å²) in [6.07, 6.45) is 3.61. The van der Waals surface area contributed by atoms with Crippen LogP contribution in [0.2, 0.25) is 0 Å². The molecule has 1 aliphatic rings. The Labute approximate surface area is 125 Å². The number of hydrogen-bond donors (Lipinski definition) is 3. The molecule has 0 bridgehead atoms. The van der Waals surface area contributed by atoms with Crippen LogP contribution in [-0.2, 0) is 9.59 Å². The Morgan fingerprint density at radius 2 is 2.05 bits per heavy atom. The number of rotatable bonds is 4. The Kier molecular flexibility index (Phi) is 4.96. The molecule has 0 radical (unpaired) electrons. The van der Waals surface area contributed by atoms with Crippen LogP contribution in [0.25, 0.3) is 0 Å². The molecule has 5 heteroatoms. The molecule has 2 atom stereocenters. The smallest absolute Gasteiger partial charge is 0.224 e. The van der Waals surface area contributed by atoms with Gasteiger partial charge in [0.25, 0.3) is 0 Å². The number of hydrogen-bond acceptors (Lipinski definition) is 3. The highest BCUT2D eigenvalue weighted by Gasteiger charge is 2.26. The molecule has 5 nitrogen and oxygen atoms in total. The third-order valence-electron chi connectivity index (χ3n) is 4.00. The molecule has 4 N–H and O–H groups in total. The van der Waals surface area contributed by atoms with Gasteiger partial charge in [-0.05, 0) is 43.4 Å². The van der Waals surface area contributed by atoms with Crippen LogP contribution in [0.3, 0.4) is 0 Å². The number of amides is 2. The molecule has 1 aromatic rings. The maximum absolute atomic E-state index is 12.1. The fraction of sp³-hybridized carbons (Fsp3) is 0.500. The zero-order valence-electron chi connectivity index (χ0n) is 12.6. The first kappa shape index (κ1) is 15.5. The van der Waals surface area contributed by atoms with Crippen molar-refractivity contribution in [1.82, 2.24) is 0 Å². The van der Waals surface area contributed by atoms with Crippen molar-refractivity contribution < 1.29 is 9.59 Å². The van der Waals surface area contributed by atoms with E-state index in [9.17, 15) is 9.59 Å². The summed E-state index contributed by atoms with van der Waals surface area (Å²) in [5, 5.41) is 5.64. The van der Waals surface area contributed by atoms with Gasteiger partial charge in [0, 0.05) is 30.8 Å². The van der Waals surface area contributed by atoms with Crippen molar-refractivity contribution in [2.24, 2.45) is 11.7 Å². The van der Waals surface area contributed by atoms with E-state index in [0.29, 0.717) is 12.1 Å². The van der Waals surface area contributed by atoms with Crippen molar-refractivity contribution in [1.29, 1.82) is 0 Å². The van der Waals surface area contributed by atoms with Crippen LogP contribution in [0, 0.1) is 12.8 Å². The van der Waals surface area contributed by atoms with Crippen molar-refractivity contribution in [3.05, 3.63) is 23.8 Å². The van der Waals surface area contributed by atoms with Gasteiger partial charge in [-0.2, -0.15) is 0 Å². The summed E-state index contributed by atoms with van der Waals surface area (Å²) < 4.78 is 0. The SMILES string of the molecule is CC(=O)Nc1cc(NC(=O)C[C@@H]2CCC[C@H]2N)ccc1C. The summed E-state index contributed by atoms with van der Waals surface area (Å²) in [6.45, 7) is 3.38. The predicted molar refractivity (Wildman–Crippen MR) is 84.0 cm³/mol. The number of carbonyl (C=O) groups excluding carboxylic acids is 2. The molecule has 1 aliphatic carbocycles. The van der Waals surface area contributed by atoms with Crippen molar-refractivity contribution in [2.75, 3.05) is 10.6 Å². The van der Waals surface area contributed by atoms with Crippen LogP contribution in [-0.4, -0.2) is 17.9 Å². The largest absolute Gasteiger partial charge is 0.327 e. The van der Waals surface area contributed by atoms with Gasteiger partial charge in [-0.15, -0.1) is 0 Å². The topological polar surface area (TPSA) is 84.2 Å². The Balaban J connectivity index is 1.98. The van der Waals surface area contributed by atoms with Gasteiger partial charge in [0.1, 0.15) is 0 Å². The number of aryl methyl sites for hydroxylation is 1. The molecule has 1 fully saturated rings. The number of nitrogens with one attached hydrogen (secondary N) is 2. The summed E-state index contributed by atoms with van der Waals surface area (Å²) in [6, 6.07) is 5.64. The molecule has 0 unspecified atom stereocenters. The second-order valence-corrected chi connectivity index (χ2v) is 5.82. The van der Waals surface area contributed by atoms with E-state index in [2.05, 4.69) is 10.6 Å². The predicted octanol–water partition coefficient (Wildman–Crippen LogP) is 2.41. The Bertz CT molecular complexity index is 542. The zero-order chi connectivity index (χ0) is 15.4. The monoisotopic (exact) mass is 289 g/mol.